The summed E-state index contributed by atoms with van der Waals surface area (Å²) in [5.41, 5.74) is 0.317. The molecule has 0 atom stereocenters. The Morgan fingerprint density at radius 3 is 2.20 bits per heavy atom. The van der Waals surface area contributed by atoms with Crippen molar-refractivity contribution in [1.29, 1.82) is 0 Å². The van der Waals surface area contributed by atoms with E-state index in [0.29, 0.717) is 18.6 Å². The van der Waals surface area contributed by atoms with Crippen LogP contribution in [-0.4, -0.2) is 27.9 Å². The number of carboxylic acid groups (broad SMARTS) is 1. The molecule has 0 fully saturated rings. The van der Waals surface area contributed by atoms with Crippen LogP contribution in [0.4, 0.5) is 0 Å². The summed E-state index contributed by atoms with van der Waals surface area (Å²) in [6, 6.07) is 1.43. The maximum atomic E-state index is 11.5. The number of carbonyl (C=O) groups is 1. The predicted octanol–water partition coefficient (Wildman–Crippen LogP) is 5.27. The number of benzene rings is 1. The van der Waals surface area contributed by atoms with Crippen LogP contribution in [0.25, 0.3) is 0 Å². The summed E-state index contributed by atoms with van der Waals surface area (Å²) < 4.78 is 5.71. The van der Waals surface area contributed by atoms with Crippen molar-refractivity contribution in [1.82, 2.24) is 0 Å². The summed E-state index contributed by atoms with van der Waals surface area (Å²) in [5.74, 6) is -2.11. The number of aromatic hydroxyl groups is 2. The number of rotatable bonds is 13. The van der Waals surface area contributed by atoms with E-state index in [4.69, 9.17) is 4.74 Å². The third-order valence-electron chi connectivity index (χ3n) is 4.32. The summed E-state index contributed by atoms with van der Waals surface area (Å²) in [7, 11) is 0. The topological polar surface area (TPSA) is 87.0 Å². The molecule has 1 aromatic carbocycles. The Morgan fingerprint density at radius 1 is 0.960 bits per heavy atom. The number of unbranched alkanes of at least 4 members (excludes halogenated alkanes) is 7. The molecule has 0 aliphatic heterocycles. The van der Waals surface area contributed by atoms with Crippen LogP contribution in [0, 0.1) is 0 Å². The van der Waals surface area contributed by atoms with Crippen LogP contribution in [-0.2, 0) is 6.42 Å². The van der Waals surface area contributed by atoms with Crippen LogP contribution in [0.1, 0.15) is 87.6 Å². The molecule has 0 spiro atoms. The Kier molecular flexibility index (Phi) is 9.81. The number of hydrogen-bond donors (Lipinski definition) is 3. The largest absolute Gasteiger partial charge is 0.504 e. The van der Waals surface area contributed by atoms with E-state index in [1.54, 1.807) is 0 Å². The van der Waals surface area contributed by atoms with Crippen molar-refractivity contribution in [3.8, 4) is 17.2 Å². The van der Waals surface area contributed by atoms with Gasteiger partial charge in [-0.25, -0.2) is 4.79 Å². The van der Waals surface area contributed by atoms with Crippen LogP contribution in [0.15, 0.2) is 6.07 Å². The van der Waals surface area contributed by atoms with Crippen LogP contribution < -0.4 is 4.74 Å². The Hall–Kier alpha value is -1.91. The van der Waals surface area contributed by atoms with Crippen molar-refractivity contribution in [2.45, 2.75) is 78.1 Å². The second kappa shape index (κ2) is 11.6. The zero-order valence-electron chi connectivity index (χ0n) is 15.5. The Labute approximate surface area is 150 Å². The number of phenolic OH excluding ortho intramolecular Hbond substituents is 1. The molecule has 0 aliphatic rings. The smallest absolute Gasteiger partial charge is 0.343 e. The first kappa shape index (κ1) is 21.1. The van der Waals surface area contributed by atoms with Crippen molar-refractivity contribution in [3.05, 3.63) is 17.2 Å². The van der Waals surface area contributed by atoms with E-state index in [1.165, 1.54) is 25.3 Å². The van der Waals surface area contributed by atoms with Gasteiger partial charge >= 0.3 is 5.97 Å². The second-order valence-electron chi connectivity index (χ2n) is 6.49. The van der Waals surface area contributed by atoms with Gasteiger partial charge in [-0.15, -0.1) is 0 Å². The van der Waals surface area contributed by atoms with Crippen molar-refractivity contribution in [2.75, 3.05) is 6.61 Å². The molecule has 0 unspecified atom stereocenters. The summed E-state index contributed by atoms with van der Waals surface area (Å²) in [6.07, 6.45) is 10.2. The van der Waals surface area contributed by atoms with Gasteiger partial charge in [-0.3, -0.25) is 0 Å². The van der Waals surface area contributed by atoms with E-state index in [9.17, 15) is 20.1 Å². The van der Waals surface area contributed by atoms with Crippen LogP contribution in [0.2, 0.25) is 0 Å². The fraction of sp³-hybridized carbons (Fsp3) is 0.650. The molecule has 1 aromatic rings. The van der Waals surface area contributed by atoms with Gasteiger partial charge in [-0.05, 0) is 30.9 Å². The van der Waals surface area contributed by atoms with Gasteiger partial charge in [0.1, 0.15) is 11.3 Å². The summed E-state index contributed by atoms with van der Waals surface area (Å²) in [6.45, 7) is 4.66. The molecule has 0 bridgehead atoms. The van der Waals surface area contributed by atoms with E-state index in [-0.39, 0.29) is 11.3 Å². The van der Waals surface area contributed by atoms with Gasteiger partial charge in [0.15, 0.2) is 11.5 Å². The minimum absolute atomic E-state index is 0.201. The zero-order valence-corrected chi connectivity index (χ0v) is 15.5. The average molecular weight is 352 g/mol. The highest BCUT2D eigenvalue weighted by atomic mass is 16.5. The fourth-order valence-electron chi connectivity index (χ4n) is 2.87. The summed E-state index contributed by atoms with van der Waals surface area (Å²) in [5, 5.41) is 29.2. The molecular weight excluding hydrogens is 320 g/mol. The van der Waals surface area contributed by atoms with Crippen molar-refractivity contribution < 1.29 is 24.9 Å². The minimum atomic E-state index is -1.29. The molecule has 5 heteroatoms. The molecule has 3 N–H and O–H groups in total. The number of phenols is 2. The standard InChI is InChI=1S/C20H32O5/c1-3-5-7-8-9-10-12-15-14-16(21)18(22)17(20(23)24)19(15)25-13-11-6-4-2/h14,21-22H,3-13H2,1-2H3,(H,23,24). The van der Waals surface area contributed by atoms with Gasteiger partial charge < -0.3 is 20.1 Å². The van der Waals surface area contributed by atoms with Gasteiger partial charge in [-0.1, -0.05) is 58.8 Å². The number of hydrogen-bond acceptors (Lipinski definition) is 4. The molecule has 5 nitrogen and oxygen atoms in total. The molecular formula is C20H32O5. The van der Waals surface area contributed by atoms with Gasteiger partial charge in [0.05, 0.1) is 6.61 Å². The third-order valence-corrected chi connectivity index (χ3v) is 4.32. The summed E-state index contributed by atoms with van der Waals surface area (Å²) in [4.78, 5) is 11.5. The van der Waals surface area contributed by atoms with Crippen LogP contribution >= 0.6 is 0 Å². The molecule has 142 valence electrons. The molecule has 0 heterocycles. The first-order valence-corrected chi connectivity index (χ1v) is 9.46. The number of ether oxygens (including phenoxy) is 1. The van der Waals surface area contributed by atoms with Gasteiger partial charge in [0, 0.05) is 0 Å². The van der Waals surface area contributed by atoms with E-state index < -0.39 is 17.5 Å². The number of aryl methyl sites for hydroxylation is 1. The lowest BCUT2D eigenvalue weighted by molar-refractivity contribution is 0.0687. The lowest BCUT2D eigenvalue weighted by Gasteiger charge is -2.16. The van der Waals surface area contributed by atoms with Crippen LogP contribution in [0.5, 0.6) is 17.2 Å². The summed E-state index contributed by atoms with van der Waals surface area (Å²) >= 11 is 0. The van der Waals surface area contributed by atoms with E-state index in [1.807, 2.05) is 0 Å². The monoisotopic (exact) mass is 352 g/mol. The number of carboxylic acids is 1. The Morgan fingerprint density at radius 2 is 1.56 bits per heavy atom. The fourth-order valence-corrected chi connectivity index (χ4v) is 2.87. The SMILES string of the molecule is CCCCCCCCc1cc(O)c(O)c(C(=O)O)c1OCCCCC. The van der Waals surface area contributed by atoms with E-state index >= 15 is 0 Å². The van der Waals surface area contributed by atoms with Crippen molar-refractivity contribution in [3.63, 3.8) is 0 Å². The van der Waals surface area contributed by atoms with Crippen LogP contribution in [0.3, 0.4) is 0 Å². The van der Waals surface area contributed by atoms with E-state index in [0.717, 1.165) is 38.5 Å². The molecule has 0 aromatic heterocycles. The quantitative estimate of drug-likeness (QED) is 0.332. The van der Waals surface area contributed by atoms with Crippen molar-refractivity contribution in [2.24, 2.45) is 0 Å². The molecule has 1 rings (SSSR count). The highest BCUT2D eigenvalue weighted by Gasteiger charge is 2.24. The first-order valence-electron chi connectivity index (χ1n) is 9.46. The Balaban J connectivity index is 2.86. The molecule has 0 saturated heterocycles. The maximum absolute atomic E-state index is 11.5. The second-order valence-corrected chi connectivity index (χ2v) is 6.49. The van der Waals surface area contributed by atoms with Gasteiger partial charge in [-0.2, -0.15) is 0 Å². The predicted molar refractivity (Wildman–Crippen MR) is 98.8 cm³/mol. The molecule has 0 amide bonds. The molecule has 0 radical (unpaired) electrons. The normalized spacial score (nSPS) is 10.8. The third kappa shape index (κ3) is 6.85. The maximum Gasteiger partial charge on any atom is 0.343 e. The molecule has 25 heavy (non-hydrogen) atoms. The Bertz CT molecular complexity index is 539. The number of aromatic carboxylic acids is 1. The zero-order chi connectivity index (χ0) is 18.7. The van der Waals surface area contributed by atoms with Gasteiger partial charge in [0.2, 0.25) is 0 Å². The molecule has 0 aliphatic carbocycles. The van der Waals surface area contributed by atoms with Crippen molar-refractivity contribution >= 4 is 5.97 Å². The minimum Gasteiger partial charge on any atom is -0.504 e. The first-order chi connectivity index (χ1) is 12.0. The van der Waals surface area contributed by atoms with E-state index in [2.05, 4.69) is 13.8 Å². The highest BCUT2D eigenvalue weighted by Crippen LogP contribution is 2.40. The molecule has 0 saturated carbocycles. The highest BCUT2D eigenvalue weighted by molar-refractivity contribution is 5.95. The van der Waals surface area contributed by atoms with Gasteiger partial charge in [0.25, 0.3) is 0 Å². The lowest BCUT2D eigenvalue weighted by atomic mass is 10.00. The lowest BCUT2D eigenvalue weighted by Crippen LogP contribution is -2.08. The average Bonchev–Trinajstić information content (AvgIpc) is 2.58.